The molecule has 0 saturated heterocycles. The summed E-state index contributed by atoms with van der Waals surface area (Å²) in [7, 11) is 0. The van der Waals surface area contributed by atoms with Gasteiger partial charge in [-0.2, -0.15) is 0 Å². The predicted molar refractivity (Wildman–Crippen MR) is 149 cm³/mol. The molecule has 0 bridgehead atoms. The molecule has 4 rings (SSSR count). The van der Waals surface area contributed by atoms with Gasteiger partial charge in [-0.05, 0) is 43.2 Å². The molecule has 1 aliphatic heterocycles. The Morgan fingerprint density at radius 1 is 1.00 bits per heavy atom. The Kier molecular flexibility index (Phi) is 9.50. The second-order valence-electron chi connectivity index (χ2n) is 10.8. The number of urea groups is 1. The molecule has 0 atom stereocenters. The Balaban J connectivity index is 0.000000260. The van der Waals surface area contributed by atoms with Crippen molar-refractivity contribution in [1.29, 1.82) is 0 Å². The number of primary amides is 1. The number of amides is 3. The van der Waals surface area contributed by atoms with Crippen LogP contribution in [0.3, 0.4) is 0 Å². The van der Waals surface area contributed by atoms with Gasteiger partial charge in [-0.25, -0.2) is 9.59 Å². The number of aromatic carboxylic acids is 1. The molecule has 2 aromatic rings. The molecule has 2 aliphatic rings. The fraction of sp³-hybridized carbons (Fsp3) is 0.448. The summed E-state index contributed by atoms with van der Waals surface area (Å²) in [5.74, 6) is -0.891. The molecule has 0 unspecified atom stereocenters. The number of carbonyl (C=O) groups excluding carboxylic acids is 3. The number of carboxylic acids is 1. The molecule has 0 aromatic heterocycles. The number of benzene rings is 2. The second-order valence-corrected chi connectivity index (χ2v) is 10.8. The van der Waals surface area contributed by atoms with Crippen molar-refractivity contribution in [3.05, 3.63) is 54.1 Å². The molecule has 0 spiro atoms. The first-order valence-corrected chi connectivity index (χ1v) is 13.1. The number of nitrogens with zero attached hydrogens (tertiary/aromatic N) is 2. The van der Waals surface area contributed by atoms with Crippen molar-refractivity contribution in [3.8, 4) is 0 Å². The molecule has 2 aromatic carbocycles. The molecule has 9 nitrogen and oxygen atoms in total. The summed E-state index contributed by atoms with van der Waals surface area (Å²) in [5, 5.41) is 10.9. The van der Waals surface area contributed by atoms with Crippen molar-refractivity contribution >= 4 is 40.8 Å². The zero-order valence-corrected chi connectivity index (χ0v) is 22.4. The second kappa shape index (κ2) is 12.6. The van der Waals surface area contributed by atoms with Crippen LogP contribution in [0.25, 0.3) is 0 Å². The van der Waals surface area contributed by atoms with E-state index in [1.807, 2.05) is 39.0 Å². The number of nitrogens with one attached hydrogen (secondary N) is 1. The van der Waals surface area contributed by atoms with Gasteiger partial charge in [0.2, 0.25) is 5.91 Å². The summed E-state index contributed by atoms with van der Waals surface area (Å²) in [4.78, 5) is 50.4. The van der Waals surface area contributed by atoms with Crippen LogP contribution in [0.2, 0.25) is 0 Å². The maximum Gasteiger partial charge on any atom is 0.335 e. The Morgan fingerprint density at radius 2 is 1.66 bits per heavy atom. The largest absolute Gasteiger partial charge is 0.478 e. The van der Waals surface area contributed by atoms with Crippen molar-refractivity contribution in [1.82, 2.24) is 0 Å². The van der Waals surface area contributed by atoms with E-state index in [-0.39, 0.29) is 23.8 Å². The Hall–Kier alpha value is -3.88. The monoisotopic (exact) mass is 522 g/mol. The van der Waals surface area contributed by atoms with Gasteiger partial charge in [-0.3, -0.25) is 9.59 Å². The number of hydrogen-bond donors (Lipinski definition) is 3. The van der Waals surface area contributed by atoms with Crippen LogP contribution in [0.15, 0.2) is 48.5 Å². The normalized spacial score (nSPS) is 16.0. The molecular formula is C29H38N4O5. The van der Waals surface area contributed by atoms with Gasteiger partial charge >= 0.3 is 12.0 Å². The molecule has 3 amide bonds. The zero-order valence-electron chi connectivity index (χ0n) is 22.4. The van der Waals surface area contributed by atoms with Crippen LogP contribution in [-0.4, -0.2) is 47.9 Å². The molecule has 38 heavy (non-hydrogen) atoms. The number of fused-ring (bicyclic) bond motifs is 1. The minimum Gasteiger partial charge on any atom is -0.478 e. The summed E-state index contributed by atoms with van der Waals surface area (Å²) >= 11 is 0. The average Bonchev–Trinajstić information content (AvgIpc) is 3.01. The number of carboxylic acid groups (broad SMARTS) is 1. The fourth-order valence-corrected chi connectivity index (χ4v) is 4.74. The molecule has 1 saturated carbocycles. The fourth-order valence-electron chi connectivity index (χ4n) is 4.74. The van der Waals surface area contributed by atoms with E-state index in [1.165, 1.54) is 50.3 Å². The van der Waals surface area contributed by atoms with E-state index in [2.05, 4.69) is 16.3 Å². The van der Waals surface area contributed by atoms with Gasteiger partial charge in [0.25, 0.3) is 0 Å². The SMILES string of the molecule is CC(C)(C)C(=O)CN1C(=O)CCN(C2CCCCC2)c2ccccc21.NC(=O)Nc1cccc(C(=O)O)c1. The van der Waals surface area contributed by atoms with Crippen LogP contribution < -0.4 is 20.9 Å². The first-order chi connectivity index (χ1) is 18.0. The molecule has 1 aliphatic carbocycles. The van der Waals surface area contributed by atoms with E-state index in [9.17, 15) is 19.2 Å². The first-order valence-electron chi connectivity index (χ1n) is 13.1. The summed E-state index contributed by atoms with van der Waals surface area (Å²) in [6.07, 6.45) is 6.72. The maximum atomic E-state index is 12.8. The third kappa shape index (κ3) is 7.57. The number of rotatable bonds is 5. The number of ketones is 1. The maximum absolute atomic E-state index is 12.8. The van der Waals surface area contributed by atoms with Crippen molar-refractivity contribution in [3.63, 3.8) is 0 Å². The summed E-state index contributed by atoms with van der Waals surface area (Å²) in [6.45, 7) is 6.66. The molecule has 1 heterocycles. The smallest absolute Gasteiger partial charge is 0.335 e. The van der Waals surface area contributed by atoms with Gasteiger partial charge in [-0.15, -0.1) is 0 Å². The van der Waals surface area contributed by atoms with E-state index in [4.69, 9.17) is 10.8 Å². The Bertz CT molecular complexity index is 1170. The van der Waals surface area contributed by atoms with E-state index >= 15 is 0 Å². The predicted octanol–water partition coefficient (Wildman–Crippen LogP) is 5.05. The lowest BCUT2D eigenvalue weighted by atomic mass is 9.90. The van der Waals surface area contributed by atoms with Crippen LogP contribution in [0.4, 0.5) is 21.9 Å². The van der Waals surface area contributed by atoms with Gasteiger partial charge in [-0.1, -0.05) is 58.2 Å². The van der Waals surface area contributed by atoms with Gasteiger partial charge in [0.05, 0.1) is 23.5 Å². The van der Waals surface area contributed by atoms with Gasteiger partial charge in [0, 0.05) is 30.1 Å². The molecule has 4 N–H and O–H groups in total. The van der Waals surface area contributed by atoms with Crippen molar-refractivity contribution in [2.75, 3.05) is 28.2 Å². The highest BCUT2D eigenvalue weighted by molar-refractivity contribution is 6.04. The number of carbonyl (C=O) groups is 4. The lowest BCUT2D eigenvalue weighted by Crippen LogP contribution is -2.39. The molecular weight excluding hydrogens is 484 g/mol. The highest BCUT2D eigenvalue weighted by Gasteiger charge is 2.33. The lowest BCUT2D eigenvalue weighted by Gasteiger charge is -2.36. The van der Waals surface area contributed by atoms with Gasteiger partial charge < -0.3 is 26.0 Å². The quantitative estimate of drug-likeness (QED) is 0.503. The molecule has 1 fully saturated rings. The van der Waals surface area contributed by atoms with Crippen LogP contribution in [0.5, 0.6) is 0 Å². The van der Waals surface area contributed by atoms with E-state index < -0.39 is 17.4 Å². The van der Waals surface area contributed by atoms with Crippen molar-refractivity contribution in [2.45, 2.75) is 65.3 Å². The van der Waals surface area contributed by atoms with Crippen LogP contribution >= 0.6 is 0 Å². The third-order valence-electron chi connectivity index (χ3n) is 6.88. The third-order valence-corrected chi connectivity index (χ3v) is 6.88. The number of para-hydroxylation sites is 2. The number of Topliss-reactive ketones (excluding diaryl/α,β-unsaturated/α-hetero) is 1. The Labute approximate surface area is 224 Å². The summed E-state index contributed by atoms with van der Waals surface area (Å²) < 4.78 is 0. The van der Waals surface area contributed by atoms with Crippen molar-refractivity contribution < 1.29 is 24.3 Å². The first kappa shape index (κ1) is 28.7. The van der Waals surface area contributed by atoms with Gasteiger partial charge in [0.1, 0.15) is 0 Å². The Morgan fingerprint density at radius 3 is 2.26 bits per heavy atom. The molecule has 0 radical (unpaired) electrons. The number of anilines is 3. The summed E-state index contributed by atoms with van der Waals surface area (Å²) in [5.41, 5.74) is 6.89. The van der Waals surface area contributed by atoms with Crippen LogP contribution in [0, 0.1) is 5.41 Å². The molecule has 204 valence electrons. The highest BCUT2D eigenvalue weighted by atomic mass is 16.4. The highest BCUT2D eigenvalue weighted by Crippen LogP contribution is 2.37. The zero-order chi connectivity index (χ0) is 27.9. The van der Waals surface area contributed by atoms with E-state index in [0.29, 0.717) is 18.2 Å². The van der Waals surface area contributed by atoms with E-state index in [0.717, 1.165) is 17.9 Å². The number of hydrogen-bond acceptors (Lipinski definition) is 5. The average molecular weight is 523 g/mol. The standard InChI is InChI=1S/C21H30N2O2.C8H8N2O3/c1-21(2,3)19(24)15-23-18-12-8-7-11-17(18)22(14-13-20(23)25)16-9-5-4-6-10-16;9-8(13)10-6-3-1-2-5(4-6)7(11)12/h7-8,11-12,16H,4-6,9-10,13-15H2,1-3H3;1-4H,(H,11,12)(H3,9,10,13). The minimum atomic E-state index is -1.05. The van der Waals surface area contributed by atoms with Gasteiger partial charge in [0.15, 0.2) is 5.78 Å². The van der Waals surface area contributed by atoms with Crippen LogP contribution in [-0.2, 0) is 9.59 Å². The number of nitrogens with two attached hydrogens (primary N) is 1. The topological polar surface area (TPSA) is 133 Å². The lowest BCUT2D eigenvalue weighted by molar-refractivity contribution is -0.127. The van der Waals surface area contributed by atoms with E-state index in [1.54, 1.807) is 11.0 Å². The van der Waals surface area contributed by atoms with Crippen LogP contribution in [0.1, 0.15) is 69.7 Å². The van der Waals surface area contributed by atoms with Crippen molar-refractivity contribution in [2.24, 2.45) is 11.1 Å². The minimum absolute atomic E-state index is 0.0587. The summed E-state index contributed by atoms with van der Waals surface area (Å²) in [6, 6.07) is 13.7. The molecule has 9 heteroatoms.